The van der Waals surface area contributed by atoms with Crippen LogP contribution in [0.25, 0.3) is 0 Å². The summed E-state index contributed by atoms with van der Waals surface area (Å²) in [6.07, 6.45) is 1.01. The molecular weight excluding hydrogens is 450 g/mol. The zero-order chi connectivity index (χ0) is 24.9. The van der Waals surface area contributed by atoms with Gasteiger partial charge in [-0.05, 0) is 30.7 Å². The zero-order valence-corrected chi connectivity index (χ0v) is 17.8. The Balaban J connectivity index is 1.65. The average Bonchev–Trinajstić information content (AvgIpc) is 2.81. The van der Waals surface area contributed by atoms with Crippen molar-refractivity contribution in [2.45, 2.75) is 24.5 Å². The number of aliphatic carboxylic acids is 2. The number of nitrogens with zero attached hydrogens (tertiary/aromatic N) is 2. The van der Waals surface area contributed by atoms with Crippen molar-refractivity contribution in [3.8, 4) is 0 Å². The maximum absolute atomic E-state index is 12.3. The standard InChI is InChI=1S/C20H23N7O7/c21-20(8-23-16-15(27(20)10-28)18(32)25-9-24-16)7-22-12-3-1-11(2-4-12)17(31)26-13(19(33)34)5-6-14(29)30/h1-4,9-10,13,22H,5-8,21H2,(H,26,31)(H,29,30)(H,33,34)(H2,23,24,25,32)/t13-,20-/m0/s1. The topological polar surface area (TPSA) is 220 Å². The number of rotatable bonds is 10. The van der Waals surface area contributed by atoms with Crippen molar-refractivity contribution in [2.24, 2.45) is 5.73 Å². The molecule has 0 saturated carbocycles. The second-order valence-corrected chi connectivity index (χ2v) is 7.59. The Hall–Kier alpha value is -4.46. The predicted molar refractivity (Wildman–Crippen MR) is 120 cm³/mol. The van der Waals surface area contributed by atoms with E-state index in [0.717, 1.165) is 4.90 Å². The molecule has 2 heterocycles. The van der Waals surface area contributed by atoms with Gasteiger partial charge in [0.1, 0.15) is 11.7 Å². The summed E-state index contributed by atoms with van der Waals surface area (Å²) >= 11 is 0. The summed E-state index contributed by atoms with van der Waals surface area (Å²) in [4.78, 5) is 65.7. The smallest absolute Gasteiger partial charge is 0.326 e. The number of nitrogens with one attached hydrogen (secondary N) is 4. The number of carbonyl (C=O) groups excluding carboxylic acids is 2. The van der Waals surface area contributed by atoms with Crippen molar-refractivity contribution in [2.75, 3.05) is 28.6 Å². The molecule has 2 atom stereocenters. The van der Waals surface area contributed by atoms with E-state index in [1.807, 2.05) is 0 Å². The van der Waals surface area contributed by atoms with E-state index in [2.05, 4.69) is 25.9 Å². The molecule has 1 aromatic heterocycles. The van der Waals surface area contributed by atoms with Gasteiger partial charge in [-0.1, -0.05) is 0 Å². The summed E-state index contributed by atoms with van der Waals surface area (Å²) in [5.74, 6) is -2.95. The van der Waals surface area contributed by atoms with Crippen LogP contribution in [0.4, 0.5) is 17.2 Å². The van der Waals surface area contributed by atoms with Crippen molar-refractivity contribution in [3.63, 3.8) is 0 Å². The molecule has 2 amide bonds. The number of anilines is 3. The highest BCUT2D eigenvalue weighted by Gasteiger charge is 2.40. The number of fused-ring (bicyclic) bond motifs is 1. The van der Waals surface area contributed by atoms with Crippen LogP contribution in [0.2, 0.25) is 0 Å². The monoisotopic (exact) mass is 473 g/mol. The van der Waals surface area contributed by atoms with Gasteiger partial charge in [-0.2, -0.15) is 0 Å². The lowest BCUT2D eigenvalue weighted by Gasteiger charge is -2.42. The van der Waals surface area contributed by atoms with Gasteiger partial charge in [0, 0.05) is 17.7 Å². The third-order valence-electron chi connectivity index (χ3n) is 5.21. The van der Waals surface area contributed by atoms with E-state index in [-0.39, 0.29) is 36.6 Å². The van der Waals surface area contributed by atoms with Gasteiger partial charge >= 0.3 is 11.9 Å². The van der Waals surface area contributed by atoms with E-state index in [1.54, 1.807) is 12.1 Å². The highest BCUT2D eigenvalue weighted by molar-refractivity contribution is 5.97. The summed E-state index contributed by atoms with van der Waals surface area (Å²) in [7, 11) is 0. The first-order valence-electron chi connectivity index (χ1n) is 10.1. The van der Waals surface area contributed by atoms with E-state index >= 15 is 0 Å². The van der Waals surface area contributed by atoms with Gasteiger partial charge in [0.2, 0.25) is 6.41 Å². The zero-order valence-electron chi connectivity index (χ0n) is 17.8. The molecule has 8 N–H and O–H groups in total. The number of aromatic amines is 1. The highest BCUT2D eigenvalue weighted by atomic mass is 16.4. The third-order valence-corrected chi connectivity index (χ3v) is 5.21. The predicted octanol–water partition coefficient (Wildman–Crippen LogP) is -1.03. The van der Waals surface area contributed by atoms with Crippen LogP contribution >= 0.6 is 0 Å². The Morgan fingerprint density at radius 2 is 1.97 bits per heavy atom. The Labute approximate surface area is 192 Å². The average molecular weight is 473 g/mol. The number of H-pyrrole nitrogens is 1. The summed E-state index contributed by atoms with van der Waals surface area (Å²) < 4.78 is 0. The highest BCUT2D eigenvalue weighted by Crippen LogP contribution is 2.28. The number of nitrogens with two attached hydrogens (primary N) is 1. The van der Waals surface area contributed by atoms with Crippen molar-refractivity contribution in [1.82, 2.24) is 15.3 Å². The largest absolute Gasteiger partial charge is 0.481 e. The number of aromatic nitrogens is 2. The number of hydrogen-bond donors (Lipinski definition) is 7. The van der Waals surface area contributed by atoms with Crippen LogP contribution in [-0.2, 0) is 14.4 Å². The normalized spacial score (nSPS) is 17.6. The number of carboxylic acid groups (broad SMARTS) is 2. The van der Waals surface area contributed by atoms with Crippen molar-refractivity contribution >= 4 is 41.4 Å². The number of amides is 2. The fourth-order valence-corrected chi connectivity index (χ4v) is 3.36. The second-order valence-electron chi connectivity index (χ2n) is 7.59. The third kappa shape index (κ3) is 5.29. The minimum atomic E-state index is -1.34. The fraction of sp³-hybridized carbons (Fsp3) is 0.300. The molecule has 1 aliphatic rings. The van der Waals surface area contributed by atoms with Crippen LogP contribution in [0.1, 0.15) is 23.2 Å². The molecule has 2 aromatic rings. The van der Waals surface area contributed by atoms with Crippen LogP contribution in [0.15, 0.2) is 35.4 Å². The van der Waals surface area contributed by atoms with Gasteiger partial charge in [-0.3, -0.25) is 24.1 Å². The van der Waals surface area contributed by atoms with Crippen LogP contribution < -0.4 is 32.1 Å². The number of benzene rings is 1. The molecule has 14 nitrogen and oxygen atoms in total. The lowest BCUT2D eigenvalue weighted by molar-refractivity contribution is -0.140. The SMILES string of the molecule is N[C@]1(CNc2ccc(C(=O)N[C@@H](CCC(=O)O)C(=O)O)cc2)CNc2nc[nH]c(=O)c2N1C=O. The molecule has 1 aliphatic heterocycles. The number of hydrogen-bond acceptors (Lipinski definition) is 9. The van der Waals surface area contributed by atoms with Crippen molar-refractivity contribution in [1.29, 1.82) is 0 Å². The first-order valence-corrected chi connectivity index (χ1v) is 10.1. The van der Waals surface area contributed by atoms with Crippen molar-refractivity contribution < 1.29 is 29.4 Å². The van der Waals surface area contributed by atoms with E-state index in [4.69, 9.17) is 10.8 Å². The Morgan fingerprint density at radius 1 is 1.26 bits per heavy atom. The second kappa shape index (κ2) is 9.99. The van der Waals surface area contributed by atoms with E-state index in [1.165, 1.54) is 18.5 Å². The lowest BCUT2D eigenvalue weighted by Crippen LogP contribution is -2.67. The first-order chi connectivity index (χ1) is 16.1. The summed E-state index contributed by atoms with van der Waals surface area (Å²) in [6, 6.07) is 4.64. The maximum atomic E-state index is 12.3. The van der Waals surface area contributed by atoms with Crippen LogP contribution in [-0.4, -0.2) is 69.2 Å². The molecule has 0 spiro atoms. The summed E-state index contributed by atoms with van der Waals surface area (Å²) in [6.45, 7) is 0.143. The molecule has 14 heteroatoms. The molecule has 0 saturated heterocycles. The molecule has 0 unspecified atom stereocenters. The van der Waals surface area contributed by atoms with Gasteiger partial charge in [-0.25, -0.2) is 9.78 Å². The molecule has 34 heavy (non-hydrogen) atoms. The molecule has 180 valence electrons. The molecule has 3 rings (SSSR count). The molecule has 0 fully saturated rings. The lowest BCUT2D eigenvalue weighted by atomic mass is 10.1. The van der Waals surface area contributed by atoms with Gasteiger partial charge < -0.3 is 36.9 Å². The van der Waals surface area contributed by atoms with E-state index in [0.29, 0.717) is 12.1 Å². The van der Waals surface area contributed by atoms with Gasteiger partial charge in [0.15, 0.2) is 11.5 Å². The van der Waals surface area contributed by atoms with Crippen LogP contribution in [0.3, 0.4) is 0 Å². The van der Waals surface area contributed by atoms with Crippen molar-refractivity contribution in [3.05, 3.63) is 46.5 Å². The molecular formula is C20H23N7O7. The van der Waals surface area contributed by atoms with E-state index in [9.17, 15) is 29.1 Å². The fourth-order valence-electron chi connectivity index (χ4n) is 3.36. The van der Waals surface area contributed by atoms with Gasteiger partial charge in [0.05, 0.1) is 19.4 Å². The first kappa shape index (κ1) is 24.2. The van der Waals surface area contributed by atoms with Crippen LogP contribution in [0, 0.1) is 0 Å². The van der Waals surface area contributed by atoms with E-state index < -0.39 is 41.5 Å². The molecule has 0 bridgehead atoms. The summed E-state index contributed by atoms with van der Waals surface area (Å²) in [5.41, 5.74) is 5.25. The molecule has 0 radical (unpaired) electrons. The van der Waals surface area contributed by atoms with Gasteiger partial charge in [0.25, 0.3) is 11.5 Å². The number of carboxylic acids is 2. The minimum absolute atomic E-state index is 0.00375. The Bertz CT molecular complexity index is 1150. The van der Waals surface area contributed by atoms with Crippen LogP contribution in [0.5, 0.6) is 0 Å². The summed E-state index contributed by atoms with van der Waals surface area (Å²) in [5, 5.41) is 26.1. The Morgan fingerprint density at radius 3 is 2.59 bits per heavy atom. The molecule has 0 aliphatic carbocycles. The number of carbonyl (C=O) groups is 4. The quantitative estimate of drug-likeness (QED) is 0.207. The Kier molecular flexibility index (Phi) is 7.11. The maximum Gasteiger partial charge on any atom is 0.326 e. The van der Waals surface area contributed by atoms with Gasteiger partial charge in [-0.15, -0.1) is 0 Å². The minimum Gasteiger partial charge on any atom is -0.481 e. The molecule has 1 aromatic carbocycles.